The summed E-state index contributed by atoms with van der Waals surface area (Å²) >= 11 is 0. The van der Waals surface area contributed by atoms with Crippen molar-refractivity contribution in [2.24, 2.45) is 23.2 Å². The number of allylic oxidation sites excluding steroid dienone is 2. The van der Waals surface area contributed by atoms with Crippen molar-refractivity contribution >= 4 is 13.9 Å². The number of hydrogen-bond acceptors (Lipinski definition) is 3. The van der Waals surface area contributed by atoms with Crippen molar-refractivity contribution < 1.29 is 14.3 Å². The highest BCUT2D eigenvalue weighted by molar-refractivity contribution is 6.87. The summed E-state index contributed by atoms with van der Waals surface area (Å²) in [6, 6.07) is 0. The van der Waals surface area contributed by atoms with Crippen LogP contribution in [0.15, 0.2) is 10.8 Å². The lowest BCUT2D eigenvalue weighted by molar-refractivity contribution is -0.242. The molecule has 0 radical (unpaired) electrons. The lowest BCUT2D eigenvalue weighted by atomic mass is 9.47. The molecule has 0 aromatic carbocycles. The lowest BCUT2D eigenvalue weighted by Crippen LogP contribution is -2.60. The quantitative estimate of drug-likeness (QED) is 0.698. The van der Waals surface area contributed by atoms with E-state index in [4.69, 9.17) is 9.47 Å². The fourth-order valence-corrected chi connectivity index (χ4v) is 8.25. The number of ether oxygens (including phenoxy) is 2. The molecule has 2 saturated carbocycles. The lowest BCUT2D eigenvalue weighted by Gasteiger charge is -2.57. The Morgan fingerprint density at radius 3 is 2.33 bits per heavy atom. The van der Waals surface area contributed by atoms with E-state index in [2.05, 4.69) is 33.5 Å². The fraction of sp³-hybridized carbons (Fsp3) is 0.824. The number of fused-ring (bicyclic) bond motifs is 5. The molecule has 0 amide bonds. The predicted molar refractivity (Wildman–Crippen MR) is 83.5 cm³/mol. The van der Waals surface area contributed by atoms with E-state index < -0.39 is 8.07 Å². The highest BCUT2D eigenvalue weighted by Crippen LogP contribution is 2.73. The molecule has 3 nitrogen and oxygen atoms in total. The SMILES string of the molecule is CC1=C([Si](C)(C)C)C(=O)[C@H]2[C@H]1[C@@H]1C3(CC[C@]12C)OCCO3. The van der Waals surface area contributed by atoms with Gasteiger partial charge in [0.1, 0.15) is 0 Å². The summed E-state index contributed by atoms with van der Waals surface area (Å²) in [5.74, 6) is 1.05. The van der Waals surface area contributed by atoms with Gasteiger partial charge in [-0.1, -0.05) is 32.1 Å². The molecule has 3 fully saturated rings. The topological polar surface area (TPSA) is 35.5 Å². The standard InChI is InChI=1S/C17H26O3Si/c1-10-11-12(13(18)14(10)21(3,4)5)16(2)6-7-17(15(11)16)19-8-9-20-17/h11-12,15H,6-9H2,1-5H3/t11-,12+,15-,16-/m0/s1. The van der Waals surface area contributed by atoms with Gasteiger partial charge >= 0.3 is 0 Å². The molecule has 0 unspecified atom stereocenters. The van der Waals surface area contributed by atoms with Crippen molar-refractivity contribution in [2.45, 2.75) is 52.1 Å². The summed E-state index contributed by atoms with van der Waals surface area (Å²) < 4.78 is 12.1. The average molecular weight is 306 g/mol. The van der Waals surface area contributed by atoms with Crippen LogP contribution < -0.4 is 0 Å². The third-order valence-corrected chi connectivity index (χ3v) is 8.72. The summed E-state index contributed by atoms with van der Waals surface area (Å²) in [6.07, 6.45) is 2.03. The molecule has 0 N–H and O–H groups in total. The van der Waals surface area contributed by atoms with Crippen LogP contribution in [0.1, 0.15) is 26.7 Å². The van der Waals surface area contributed by atoms with Gasteiger partial charge in [-0.25, -0.2) is 0 Å². The maximum Gasteiger partial charge on any atom is 0.172 e. The molecule has 4 aliphatic rings. The third kappa shape index (κ3) is 1.49. The van der Waals surface area contributed by atoms with E-state index in [1.165, 1.54) is 10.8 Å². The van der Waals surface area contributed by atoms with Crippen LogP contribution >= 0.6 is 0 Å². The van der Waals surface area contributed by atoms with Crippen molar-refractivity contribution in [1.29, 1.82) is 0 Å². The Morgan fingerprint density at radius 2 is 1.76 bits per heavy atom. The second-order valence-electron chi connectivity index (χ2n) is 8.67. The summed E-state index contributed by atoms with van der Waals surface area (Å²) in [4.78, 5) is 13.1. The summed E-state index contributed by atoms with van der Waals surface area (Å²) in [5.41, 5.74) is 1.46. The molecule has 3 aliphatic carbocycles. The van der Waals surface area contributed by atoms with Gasteiger partial charge in [-0.3, -0.25) is 4.79 Å². The fourth-order valence-electron chi connectivity index (χ4n) is 6.01. The number of carbonyl (C=O) groups is 1. The normalized spacial score (nSPS) is 44.2. The van der Waals surface area contributed by atoms with Gasteiger partial charge in [0.2, 0.25) is 0 Å². The van der Waals surface area contributed by atoms with Gasteiger partial charge in [0.05, 0.1) is 21.3 Å². The second-order valence-corrected chi connectivity index (χ2v) is 13.7. The molecule has 1 spiro atoms. The highest BCUT2D eigenvalue weighted by Gasteiger charge is 2.76. The van der Waals surface area contributed by atoms with Crippen molar-refractivity contribution in [3.8, 4) is 0 Å². The molecule has 4 heteroatoms. The minimum Gasteiger partial charge on any atom is -0.347 e. The smallest absolute Gasteiger partial charge is 0.172 e. The maximum atomic E-state index is 13.1. The molecule has 116 valence electrons. The van der Waals surface area contributed by atoms with Crippen LogP contribution in [0.5, 0.6) is 0 Å². The van der Waals surface area contributed by atoms with Crippen molar-refractivity contribution in [2.75, 3.05) is 13.2 Å². The maximum absolute atomic E-state index is 13.1. The Hall–Kier alpha value is -0.453. The molecule has 0 bridgehead atoms. The number of rotatable bonds is 1. The van der Waals surface area contributed by atoms with Gasteiger partial charge in [0, 0.05) is 18.3 Å². The summed E-state index contributed by atoms with van der Waals surface area (Å²) in [7, 11) is -1.58. The molecule has 21 heavy (non-hydrogen) atoms. The first kappa shape index (κ1) is 14.2. The summed E-state index contributed by atoms with van der Waals surface area (Å²) in [5, 5.41) is 1.21. The Balaban J connectivity index is 1.79. The van der Waals surface area contributed by atoms with Gasteiger partial charge in [-0.05, 0) is 29.9 Å². The molecule has 4 atom stereocenters. The van der Waals surface area contributed by atoms with E-state index in [0.29, 0.717) is 30.8 Å². The van der Waals surface area contributed by atoms with Gasteiger partial charge in [0.15, 0.2) is 11.6 Å². The van der Waals surface area contributed by atoms with E-state index in [1.54, 1.807) is 0 Å². The molecule has 1 aliphatic heterocycles. The van der Waals surface area contributed by atoms with Crippen molar-refractivity contribution in [1.82, 2.24) is 0 Å². The minimum atomic E-state index is -1.58. The van der Waals surface area contributed by atoms with E-state index in [0.717, 1.165) is 12.8 Å². The molecule has 0 aromatic rings. The van der Waals surface area contributed by atoms with Crippen LogP contribution in [0.2, 0.25) is 19.6 Å². The van der Waals surface area contributed by atoms with Gasteiger partial charge in [-0.2, -0.15) is 0 Å². The van der Waals surface area contributed by atoms with Crippen molar-refractivity contribution in [3.05, 3.63) is 10.8 Å². The minimum absolute atomic E-state index is 0.0920. The van der Waals surface area contributed by atoms with E-state index in [9.17, 15) is 4.79 Å². The molecular weight excluding hydrogens is 280 g/mol. The molecule has 4 rings (SSSR count). The molecule has 1 heterocycles. The van der Waals surface area contributed by atoms with E-state index in [1.807, 2.05) is 0 Å². The van der Waals surface area contributed by atoms with Crippen LogP contribution in [0.3, 0.4) is 0 Å². The monoisotopic (exact) mass is 306 g/mol. The predicted octanol–water partition coefficient (Wildman–Crippen LogP) is 3.17. The number of ketones is 1. The summed E-state index contributed by atoms with van der Waals surface area (Å²) in [6.45, 7) is 12.8. The van der Waals surface area contributed by atoms with Crippen LogP contribution in [-0.2, 0) is 14.3 Å². The zero-order valence-electron chi connectivity index (χ0n) is 13.8. The largest absolute Gasteiger partial charge is 0.347 e. The Labute approximate surface area is 128 Å². The zero-order valence-corrected chi connectivity index (χ0v) is 14.8. The van der Waals surface area contributed by atoms with Gasteiger partial charge in [0.25, 0.3) is 0 Å². The molecule has 0 aromatic heterocycles. The first-order valence-electron chi connectivity index (χ1n) is 8.26. The van der Waals surface area contributed by atoms with Crippen LogP contribution in [0, 0.1) is 23.2 Å². The van der Waals surface area contributed by atoms with Gasteiger partial charge in [-0.15, -0.1) is 0 Å². The first-order valence-corrected chi connectivity index (χ1v) is 11.8. The van der Waals surface area contributed by atoms with Crippen molar-refractivity contribution in [3.63, 3.8) is 0 Å². The van der Waals surface area contributed by atoms with Crippen LogP contribution in [0.25, 0.3) is 0 Å². The van der Waals surface area contributed by atoms with Gasteiger partial charge < -0.3 is 9.47 Å². The highest BCUT2D eigenvalue weighted by atomic mass is 28.3. The second kappa shape index (κ2) is 3.90. The first-order chi connectivity index (χ1) is 9.72. The van der Waals surface area contributed by atoms with Crippen LogP contribution in [-0.4, -0.2) is 32.9 Å². The zero-order chi connectivity index (χ0) is 15.2. The van der Waals surface area contributed by atoms with E-state index >= 15 is 0 Å². The number of carbonyl (C=O) groups excluding carboxylic acids is 1. The molecule has 1 saturated heterocycles. The van der Waals surface area contributed by atoms with Crippen LogP contribution in [0.4, 0.5) is 0 Å². The van der Waals surface area contributed by atoms with E-state index in [-0.39, 0.29) is 17.1 Å². The molecular formula is C17H26O3Si. The Bertz CT molecular complexity index is 553. The number of Topliss-reactive ketones (excluding diaryl/α,β-unsaturated/α-hetero) is 1. The Morgan fingerprint density at radius 1 is 1.14 bits per heavy atom. The average Bonchev–Trinajstić information content (AvgIpc) is 2.94. The third-order valence-electron chi connectivity index (χ3n) is 6.57. The Kier molecular flexibility index (Phi) is 2.63. The number of hydrogen-bond donors (Lipinski definition) is 0.